The fraction of sp³-hybridized carbons (Fsp3) is 0.600. The van der Waals surface area contributed by atoms with Gasteiger partial charge in [0.25, 0.3) is 0 Å². The number of ketones is 2. The maximum absolute atomic E-state index is 11.0. The third-order valence-corrected chi connectivity index (χ3v) is 1.49. The van der Waals surface area contributed by atoms with Crippen molar-refractivity contribution in [2.75, 3.05) is 13.2 Å². The van der Waals surface area contributed by atoms with Crippen molar-refractivity contribution in [1.82, 2.24) is 0 Å². The molecule has 0 spiro atoms. The molecule has 0 aliphatic carbocycles. The fourth-order valence-corrected chi connectivity index (χ4v) is 0.751. The Morgan fingerprint density at radius 1 is 1.00 bits per heavy atom. The van der Waals surface area contributed by atoms with Gasteiger partial charge in [-0.15, -0.1) is 0 Å². The van der Waals surface area contributed by atoms with Crippen LogP contribution in [0.4, 0.5) is 0 Å². The Labute approximate surface area is 97.7 Å². The minimum Gasteiger partial charge on any atom is -0.458 e. The Bertz CT molecular complexity index is 321. The largest absolute Gasteiger partial charge is 0.458 e. The van der Waals surface area contributed by atoms with Gasteiger partial charge in [0.05, 0.1) is 6.42 Å². The van der Waals surface area contributed by atoms with Crippen molar-refractivity contribution < 1.29 is 33.8 Å². The lowest BCUT2D eigenvalue weighted by Crippen LogP contribution is -2.28. The third kappa shape index (κ3) is 8.09. The van der Waals surface area contributed by atoms with E-state index in [0.29, 0.717) is 0 Å². The summed E-state index contributed by atoms with van der Waals surface area (Å²) in [4.78, 5) is 43.0. The second-order valence-corrected chi connectivity index (χ2v) is 3.39. The van der Waals surface area contributed by atoms with Crippen LogP contribution in [0.25, 0.3) is 0 Å². The van der Waals surface area contributed by atoms with E-state index in [-0.39, 0.29) is 11.6 Å². The second kappa shape index (κ2) is 7.50. The minimum absolute atomic E-state index is 0.355. The monoisotopic (exact) mass is 246 g/mol. The van der Waals surface area contributed by atoms with E-state index in [0.717, 1.165) is 0 Å². The van der Waals surface area contributed by atoms with Gasteiger partial charge in [-0.2, -0.15) is 0 Å². The van der Waals surface area contributed by atoms with Crippen LogP contribution >= 0.6 is 0 Å². The van der Waals surface area contributed by atoms with Gasteiger partial charge in [0.2, 0.25) is 0 Å². The van der Waals surface area contributed by atoms with E-state index in [9.17, 15) is 24.3 Å². The Hall–Kier alpha value is -1.76. The number of aliphatic hydroxyl groups excluding tert-OH is 1. The molecule has 7 heteroatoms. The van der Waals surface area contributed by atoms with Gasteiger partial charge in [-0.05, 0) is 13.8 Å². The minimum atomic E-state index is -1.70. The van der Waals surface area contributed by atoms with Gasteiger partial charge in [0.1, 0.15) is 13.2 Å². The molecule has 1 unspecified atom stereocenters. The quantitative estimate of drug-likeness (QED) is 0.574. The molecule has 96 valence electrons. The summed E-state index contributed by atoms with van der Waals surface area (Å²) in [5.41, 5.74) is 0. The average molecular weight is 246 g/mol. The van der Waals surface area contributed by atoms with E-state index in [2.05, 4.69) is 9.47 Å². The fourth-order valence-electron chi connectivity index (χ4n) is 0.751. The van der Waals surface area contributed by atoms with Crippen molar-refractivity contribution in [3.63, 3.8) is 0 Å². The molecule has 1 atom stereocenters. The average Bonchev–Trinajstić information content (AvgIpc) is 2.22. The Morgan fingerprint density at radius 3 is 1.94 bits per heavy atom. The Balaban J connectivity index is 3.94. The number of carbonyl (C=O) groups excluding carboxylic acids is 4. The Kier molecular flexibility index (Phi) is 6.73. The van der Waals surface area contributed by atoms with Crippen molar-refractivity contribution >= 4 is 23.5 Å². The van der Waals surface area contributed by atoms with Gasteiger partial charge in [0, 0.05) is 0 Å². The molecule has 0 aliphatic rings. The molecule has 0 saturated carbocycles. The predicted octanol–water partition coefficient (Wildman–Crippen LogP) is -0.998. The number of esters is 2. The number of carbonyl (C=O) groups is 4. The number of Topliss-reactive ketones (excluding diaryl/α,β-unsaturated/α-hetero) is 2. The molecule has 0 heterocycles. The normalized spacial score (nSPS) is 11.5. The van der Waals surface area contributed by atoms with Gasteiger partial charge in [-0.25, -0.2) is 4.79 Å². The van der Waals surface area contributed by atoms with Crippen molar-refractivity contribution in [1.29, 1.82) is 0 Å². The van der Waals surface area contributed by atoms with Crippen LogP contribution in [0.5, 0.6) is 0 Å². The first-order valence-corrected chi connectivity index (χ1v) is 4.82. The summed E-state index contributed by atoms with van der Waals surface area (Å²) in [5.74, 6) is -2.72. The SMILES string of the molecule is CC(=O)COC(=O)CC(O)C(=O)OCC(C)=O. The Morgan fingerprint density at radius 2 is 1.47 bits per heavy atom. The molecule has 0 aromatic heterocycles. The highest BCUT2D eigenvalue weighted by atomic mass is 16.6. The topological polar surface area (TPSA) is 107 Å². The lowest BCUT2D eigenvalue weighted by molar-refractivity contribution is -0.161. The van der Waals surface area contributed by atoms with Crippen LogP contribution < -0.4 is 0 Å². The van der Waals surface area contributed by atoms with Gasteiger partial charge < -0.3 is 14.6 Å². The molecule has 1 N–H and O–H groups in total. The summed E-state index contributed by atoms with van der Waals surface area (Å²) in [6, 6.07) is 0. The van der Waals surface area contributed by atoms with Crippen LogP contribution in [0.15, 0.2) is 0 Å². The highest BCUT2D eigenvalue weighted by Gasteiger charge is 2.21. The molecule has 7 nitrogen and oxygen atoms in total. The summed E-state index contributed by atoms with van der Waals surface area (Å²) in [7, 11) is 0. The first-order chi connectivity index (χ1) is 7.82. The van der Waals surface area contributed by atoms with Crippen LogP contribution in [0.2, 0.25) is 0 Å². The number of rotatable bonds is 7. The second-order valence-electron chi connectivity index (χ2n) is 3.39. The number of aliphatic hydroxyl groups is 1. The van der Waals surface area contributed by atoms with E-state index in [1.807, 2.05) is 0 Å². The summed E-state index contributed by atoms with van der Waals surface area (Å²) >= 11 is 0. The summed E-state index contributed by atoms with van der Waals surface area (Å²) in [6.45, 7) is 1.57. The van der Waals surface area contributed by atoms with Crippen LogP contribution in [0, 0.1) is 0 Å². The summed E-state index contributed by atoms with van der Waals surface area (Å²) in [5, 5.41) is 9.19. The number of hydrogen-bond acceptors (Lipinski definition) is 7. The van der Waals surface area contributed by atoms with E-state index in [4.69, 9.17) is 0 Å². The number of ether oxygens (including phenoxy) is 2. The molecule has 0 aliphatic heterocycles. The molecule has 17 heavy (non-hydrogen) atoms. The van der Waals surface area contributed by atoms with Gasteiger partial charge >= 0.3 is 11.9 Å². The zero-order valence-corrected chi connectivity index (χ0v) is 9.60. The summed E-state index contributed by atoms with van der Waals surface area (Å²) in [6.07, 6.45) is -2.32. The smallest absolute Gasteiger partial charge is 0.336 e. The first kappa shape index (κ1) is 15.2. The number of hydrogen-bond donors (Lipinski definition) is 1. The van der Waals surface area contributed by atoms with Crippen LogP contribution in [-0.4, -0.2) is 47.9 Å². The molecule has 0 amide bonds. The summed E-state index contributed by atoms with van der Waals surface area (Å²) < 4.78 is 8.81. The maximum Gasteiger partial charge on any atom is 0.336 e. The molecule has 0 bridgehead atoms. The molecule has 0 aromatic carbocycles. The molecular weight excluding hydrogens is 232 g/mol. The van der Waals surface area contributed by atoms with Gasteiger partial charge in [0.15, 0.2) is 17.7 Å². The zero-order valence-electron chi connectivity index (χ0n) is 9.60. The molecule has 0 rings (SSSR count). The highest BCUT2D eigenvalue weighted by molar-refractivity contribution is 5.85. The molecule has 0 radical (unpaired) electrons. The van der Waals surface area contributed by atoms with Gasteiger partial charge in [-0.3, -0.25) is 14.4 Å². The van der Waals surface area contributed by atoms with E-state index in [1.165, 1.54) is 13.8 Å². The van der Waals surface area contributed by atoms with E-state index in [1.54, 1.807) is 0 Å². The highest BCUT2D eigenvalue weighted by Crippen LogP contribution is 1.98. The lowest BCUT2D eigenvalue weighted by Gasteiger charge is -2.09. The lowest BCUT2D eigenvalue weighted by atomic mass is 10.2. The molecule has 0 fully saturated rings. The van der Waals surface area contributed by atoms with E-state index < -0.39 is 37.7 Å². The molecular formula is C10H14O7. The predicted molar refractivity (Wildman–Crippen MR) is 53.9 cm³/mol. The van der Waals surface area contributed by atoms with Gasteiger partial charge in [-0.1, -0.05) is 0 Å². The zero-order chi connectivity index (χ0) is 13.4. The molecule has 0 aromatic rings. The van der Waals surface area contributed by atoms with Crippen molar-refractivity contribution in [3.05, 3.63) is 0 Å². The van der Waals surface area contributed by atoms with E-state index >= 15 is 0 Å². The standard InChI is InChI=1S/C10H14O7/c1-6(11)4-16-9(14)3-8(13)10(15)17-5-7(2)12/h8,13H,3-5H2,1-2H3. The van der Waals surface area contributed by atoms with Crippen LogP contribution in [0.3, 0.4) is 0 Å². The van der Waals surface area contributed by atoms with Crippen molar-refractivity contribution in [3.8, 4) is 0 Å². The maximum atomic E-state index is 11.0. The van der Waals surface area contributed by atoms with Crippen molar-refractivity contribution in [2.45, 2.75) is 26.4 Å². The van der Waals surface area contributed by atoms with Crippen molar-refractivity contribution in [2.24, 2.45) is 0 Å². The molecule has 0 saturated heterocycles. The van der Waals surface area contributed by atoms with Crippen LogP contribution in [0.1, 0.15) is 20.3 Å². The van der Waals surface area contributed by atoms with Crippen LogP contribution in [-0.2, 0) is 28.7 Å². The third-order valence-electron chi connectivity index (χ3n) is 1.49. The first-order valence-electron chi connectivity index (χ1n) is 4.82.